The topological polar surface area (TPSA) is 46.4 Å². The molecule has 78 valence electrons. The van der Waals surface area contributed by atoms with E-state index >= 15 is 0 Å². The van der Waals surface area contributed by atoms with Crippen LogP contribution in [0.3, 0.4) is 0 Å². The highest BCUT2D eigenvalue weighted by Gasteiger charge is 2.19. The van der Waals surface area contributed by atoms with Gasteiger partial charge in [-0.3, -0.25) is 4.90 Å². The minimum Gasteiger partial charge on any atom is -0.458 e. The molecule has 0 amide bonds. The highest BCUT2D eigenvalue weighted by molar-refractivity contribution is 4.96. The van der Waals surface area contributed by atoms with Gasteiger partial charge in [-0.1, -0.05) is 0 Å². The molecule has 1 atom stereocenters. The average Bonchev–Trinajstić information content (AvgIpc) is 2.72. The molecule has 0 aromatic rings. The maximum atomic E-state index is 5.62. The fraction of sp³-hybridized carbons (Fsp3) is 0.778. The summed E-state index contributed by atoms with van der Waals surface area (Å²) in [4.78, 5) is 2.23. The second kappa shape index (κ2) is 4.52. The largest absolute Gasteiger partial charge is 0.458 e. The molecule has 1 fully saturated rings. The van der Waals surface area contributed by atoms with Crippen LogP contribution in [0.25, 0.3) is 0 Å². The van der Waals surface area contributed by atoms with E-state index in [1.54, 1.807) is 0 Å². The number of ether oxygens (including phenoxy) is 2. The van der Waals surface area contributed by atoms with Gasteiger partial charge in [0, 0.05) is 19.2 Å². The highest BCUT2D eigenvalue weighted by Crippen LogP contribution is 2.13. The summed E-state index contributed by atoms with van der Waals surface area (Å²) in [5.74, 6) is 0.643. The number of hydrogen-bond donors (Lipinski definition) is 0. The van der Waals surface area contributed by atoms with Crippen molar-refractivity contribution >= 4 is 0 Å². The summed E-state index contributed by atoms with van der Waals surface area (Å²) >= 11 is 0. The molecule has 2 rings (SSSR count). The van der Waals surface area contributed by atoms with Crippen molar-refractivity contribution in [3.63, 3.8) is 0 Å². The van der Waals surface area contributed by atoms with Gasteiger partial charge in [0.15, 0.2) is 6.23 Å². The van der Waals surface area contributed by atoms with Crippen LogP contribution in [0.5, 0.6) is 0 Å². The fourth-order valence-corrected chi connectivity index (χ4v) is 1.53. The summed E-state index contributed by atoms with van der Waals surface area (Å²) in [6, 6.07) is 0. The summed E-state index contributed by atoms with van der Waals surface area (Å²) in [6.45, 7) is 6.09. The van der Waals surface area contributed by atoms with E-state index in [0.717, 1.165) is 26.3 Å². The molecule has 0 spiro atoms. The van der Waals surface area contributed by atoms with E-state index in [9.17, 15) is 0 Å². The second-order valence-corrected chi connectivity index (χ2v) is 3.33. The van der Waals surface area contributed by atoms with Crippen molar-refractivity contribution in [2.75, 3.05) is 32.8 Å². The zero-order valence-electron chi connectivity index (χ0n) is 8.35. The Kier molecular flexibility index (Phi) is 3.10. The molecule has 0 aromatic heterocycles. The minimum atomic E-state index is 0.0576. The zero-order chi connectivity index (χ0) is 9.80. The van der Waals surface area contributed by atoms with Crippen LogP contribution < -0.4 is 0 Å². The van der Waals surface area contributed by atoms with Gasteiger partial charge < -0.3 is 9.47 Å². The Morgan fingerprint density at radius 3 is 2.93 bits per heavy atom. The van der Waals surface area contributed by atoms with E-state index in [1.165, 1.54) is 0 Å². The van der Waals surface area contributed by atoms with E-state index < -0.39 is 0 Å². The summed E-state index contributed by atoms with van der Waals surface area (Å²) < 4.78 is 10.9. The van der Waals surface area contributed by atoms with Gasteiger partial charge in [-0.15, -0.1) is 5.11 Å². The van der Waals surface area contributed by atoms with Crippen molar-refractivity contribution in [1.82, 2.24) is 4.90 Å². The van der Waals surface area contributed by atoms with Gasteiger partial charge in [-0.25, -0.2) is 0 Å². The predicted octanol–water partition coefficient (Wildman–Crippen LogP) is 0.988. The summed E-state index contributed by atoms with van der Waals surface area (Å²) in [7, 11) is 0. The first-order chi connectivity index (χ1) is 6.86. The molecule has 14 heavy (non-hydrogen) atoms. The number of morpholine rings is 1. The van der Waals surface area contributed by atoms with E-state index in [2.05, 4.69) is 15.1 Å². The van der Waals surface area contributed by atoms with E-state index in [0.29, 0.717) is 12.4 Å². The number of azo groups is 1. The lowest BCUT2D eigenvalue weighted by Gasteiger charge is -2.31. The number of nitrogens with zero attached hydrogens (tertiary/aromatic N) is 3. The van der Waals surface area contributed by atoms with Crippen LogP contribution in [0.1, 0.15) is 6.92 Å². The molecule has 0 aromatic carbocycles. The van der Waals surface area contributed by atoms with Crippen LogP contribution in [-0.4, -0.2) is 44.0 Å². The SMILES string of the molecule is CC(OC1=CCN=N1)N1CCOCC1. The molecule has 0 aliphatic carbocycles. The van der Waals surface area contributed by atoms with Crippen LogP contribution >= 0.6 is 0 Å². The number of rotatable bonds is 3. The zero-order valence-corrected chi connectivity index (χ0v) is 8.35. The first-order valence-corrected chi connectivity index (χ1v) is 4.92. The fourth-order valence-electron chi connectivity index (χ4n) is 1.53. The lowest BCUT2D eigenvalue weighted by molar-refractivity contribution is -0.0639. The normalized spacial score (nSPS) is 24.8. The summed E-state index contributed by atoms with van der Waals surface area (Å²) in [6.07, 6.45) is 1.94. The van der Waals surface area contributed by atoms with Crippen molar-refractivity contribution in [1.29, 1.82) is 0 Å². The van der Waals surface area contributed by atoms with Gasteiger partial charge in [0.25, 0.3) is 0 Å². The van der Waals surface area contributed by atoms with Crippen LogP contribution in [0.15, 0.2) is 22.2 Å². The smallest absolute Gasteiger partial charge is 0.232 e. The first kappa shape index (κ1) is 9.61. The van der Waals surface area contributed by atoms with Crippen molar-refractivity contribution in [2.45, 2.75) is 13.2 Å². The lowest BCUT2D eigenvalue weighted by atomic mass is 10.4. The van der Waals surface area contributed by atoms with Crippen LogP contribution in [0, 0.1) is 0 Å². The standard InChI is InChI=1S/C9H15N3O2/c1-8(12-4-6-13-7-5-12)14-9-2-3-10-11-9/h2,8H,3-7H2,1H3. The molecule has 2 heterocycles. The van der Waals surface area contributed by atoms with Crippen molar-refractivity contribution in [3.05, 3.63) is 12.0 Å². The third-order valence-electron chi connectivity index (χ3n) is 2.37. The molecular weight excluding hydrogens is 182 g/mol. The van der Waals surface area contributed by atoms with Gasteiger partial charge in [0.1, 0.15) is 0 Å². The quantitative estimate of drug-likeness (QED) is 0.677. The molecule has 2 aliphatic heterocycles. The van der Waals surface area contributed by atoms with E-state index in [-0.39, 0.29) is 6.23 Å². The van der Waals surface area contributed by atoms with E-state index in [1.807, 2.05) is 13.0 Å². The molecule has 2 aliphatic rings. The average molecular weight is 197 g/mol. The Balaban J connectivity index is 1.81. The Bertz CT molecular complexity index is 246. The lowest BCUT2D eigenvalue weighted by Crippen LogP contribution is -2.43. The summed E-state index contributed by atoms with van der Waals surface area (Å²) in [5, 5.41) is 7.70. The van der Waals surface area contributed by atoms with Gasteiger partial charge in [0.2, 0.25) is 5.88 Å². The molecule has 5 nitrogen and oxygen atoms in total. The third-order valence-corrected chi connectivity index (χ3v) is 2.37. The monoisotopic (exact) mass is 197 g/mol. The molecular formula is C9H15N3O2. The number of hydrogen-bond acceptors (Lipinski definition) is 5. The molecule has 0 N–H and O–H groups in total. The van der Waals surface area contributed by atoms with Crippen molar-refractivity contribution in [2.24, 2.45) is 10.2 Å². The Morgan fingerprint density at radius 1 is 1.50 bits per heavy atom. The van der Waals surface area contributed by atoms with Crippen LogP contribution in [0.4, 0.5) is 0 Å². The van der Waals surface area contributed by atoms with Crippen LogP contribution in [0.2, 0.25) is 0 Å². The third kappa shape index (κ3) is 2.30. The maximum absolute atomic E-state index is 5.62. The molecule has 0 bridgehead atoms. The Morgan fingerprint density at radius 2 is 2.29 bits per heavy atom. The van der Waals surface area contributed by atoms with E-state index in [4.69, 9.17) is 9.47 Å². The van der Waals surface area contributed by atoms with Gasteiger partial charge in [-0.2, -0.15) is 5.11 Å². The highest BCUT2D eigenvalue weighted by atomic mass is 16.5. The second-order valence-electron chi connectivity index (χ2n) is 3.33. The molecule has 0 radical (unpaired) electrons. The molecule has 0 saturated carbocycles. The first-order valence-electron chi connectivity index (χ1n) is 4.92. The minimum absolute atomic E-state index is 0.0576. The van der Waals surface area contributed by atoms with Gasteiger partial charge >= 0.3 is 0 Å². The Labute approximate surface area is 83.4 Å². The van der Waals surface area contributed by atoms with Crippen molar-refractivity contribution < 1.29 is 9.47 Å². The molecule has 1 saturated heterocycles. The molecule has 5 heteroatoms. The summed E-state index contributed by atoms with van der Waals surface area (Å²) in [5.41, 5.74) is 0. The van der Waals surface area contributed by atoms with Crippen LogP contribution in [-0.2, 0) is 9.47 Å². The van der Waals surface area contributed by atoms with Crippen molar-refractivity contribution in [3.8, 4) is 0 Å². The van der Waals surface area contributed by atoms with Gasteiger partial charge in [-0.05, 0) is 6.92 Å². The molecule has 1 unspecified atom stereocenters. The predicted molar refractivity (Wildman–Crippen MR) is 50.7 cm³/mol. The van der Waals surface area contributed by atoms with Gasteiger partial charge in [0.05, 0.1) is 19.8 Å². The maximum Gasteiger partial charge on any atom is 0.232 e. The Hall–Kier alpha value is -0.940.